The van der Waals surface area contributed by atoms with E-state index in [0.29, 0.717) is 0 Å². The Hall–Kier alpha value is -2.83. The second-order valence-electron chi connectivity index (χ2n) is 11.3. The van der Waals surface area contributed by atoms with Crippen molar-refractivity contribution in [3.63, 3.8) is 0 Å². The number of aliphatic hydroxyl groups is 1. The number of cyclic esters (lactones) is 1. The molecule has 0 bridgehead atoms. The largest absolute Gasteiger partial charge is 0.490 e. The van der Waals surface area contributed by atoms with Crippen LogP contribution in [-0.4, -0.2) is 49.7 Å². The van der Waals surface area contributed by atoms with Gasteiger partial charge in [-0.2, -0.15) is 0 Å². The number of allylic oxidation sites excluding steroid dienone is 8. The lowest BCUT2D eigenvalue weighted by atomic mass is 9.87. The highest BCUT2D eigenvalue weighted by atomic mass is 16.6. The van der Waals surface area contributed by atoms with Crippen molar-refractivity contribution in [2.75, 3.05) is 14.2 Å². The van der Waals surface area contributed by atoms with Gasteiger partial charge in [-0.15, -0.1) is 0 Å². The second-order valence-corrected chi connectivity index (χ2v) is 11.3. The summed E-state index contributed by atoms with van der Waals surface area (Å²) in [6.45, 7) is 16.2. The first kappa shape index (κ1) is 33.4. The summed E-state index contributed by atoms with van der Waals surface area (Å²) in [6, 6.07) is 0. The van der Waals surface area contributed by atoms with E-state index in [1.54, 1.807) is 13.2 Å². The van der Waals surface area contributed by atoms with E-state index in [4.69, 9.17) is 18.9 Å². The van der Waals surface area contributed by atoms with E-state index in [-0.39, 0.29) is 29.6 Å². The predicted molar refractivity (Wildman–Crippen MR) is 161 cm³/mol. The van der Waals surface area contributed by atoms with Gasteiger partial charge >= 0.3 is 5.97 Å². The minimum Gasteiger partial charge on any atom is -0.490 e. The summed E-state index contributed by atoms with van der Waals surface area (Å²) in [7, 11) is 3.06. The Balaban J connectivity index is 2.51. The summed E-state index contributed by atoms with van der Waals surface area (Å²) < 4.78 is 23.6. The summed E-state index contributed by atoms with van der Waals surface area (Å²) in [4.78, 5) is 13.4. The van der Waals surface area contributed by atoms with E-state index in [9.17, 15) is 9.90 Å². The van der Waals surface area contributed by atoms with Crippen molar-refractivity contribution in [2.24, 2.45) is 17.8 Å². The molecule has 1 N–H and O–H groups in total. The van der Waals surface area contributed by atoms with Crippen LogP contribution in [0.25, 0.3) is 0 Å². The minimum atomic E-state index is -0.628. The van der Waals surface area contributed by atoms with Crippen molar-refractivity contribution < 1.29 is 28.8 Å². The molecule has 2 aliphatic rings. The molecule has 6 nitrogen and oxygen atoms in total. The highest BCUT2D eigenvalue weighted by molar-refractivity contribution is 5.87. The van der Waals surface area contributed by atoms with Crippen LogP contribution >= 0.6 is 0 Å². The molecule has 40 heavy (non-hydrogen) atoms. The molecule has 2 heterocycles. The highest BCUT2D eigenvalue weighted by Crippen LogP contribution is 2.28. The van der Waals surface area contributed by atoms with Gasteiger partial charge in [0.05, 0.1) is 13.2 Å². The van der Waals surface area contributed by atoms with E-state index in [2.05, 4.69) is 39.8 Å². The van der Waals surface area contributed by atoms with Crippen molar-refractivity contribution in [1.29, 1.82) is 0 Å². The molecule has 0 saturated heterocycles. The molecular weight excluding hydrogens is 504 g/mol. The lowest BCUT2D eigenvalue weighted by Gasteiger charge is -2.29. The summed E-state index contributed by atoms with van der Waals surface area (Å²) in [6.07, 6.45) is 15.7. The molecule has 222 valence electrons. The Kier molecular flexibility index (Phi) is 13.2. The van der Waals surface area contributed by atoms with Gasteiger partial charge in [0.15, 0.2) is 0 Å². The summed E-state index contributed by atoms with van der Waals surface area (Å²) in [5.41, 5.74) is 4.13. The summed E-state index contributed by atoms with van der Waals surface area (Å²) >= 11 is 0. The fourth-order valence-electron chi connectivity index (χ4n) is 5.29. The maximum absolute atomic E-state index is 13.4. The number of hydrogen-bond acceptors (Lipinski definition) is 6. The van der Waals surface area contributed by atoms with Gasteiger partial charge in [-0.3, -0.25) is 0 Å². The average Bonchev–Trinajstić information content (AvgIpc) is 2.91. The zero-order chi connectivity index (χ0) is 30.0. The summed E-state index contributed by atoms with van der Waals surface area (Å²) in [5.74, 6) is 0.0885. The molecular formula is C34H50O6. The standard InChI is InChI=1S/C34H50O6/c1-11-28-23(4)15-16-29(39-28)24(5)20-27(8)33-30(37-9)14-12-13-21(2)17-25(6)32(35)26(7)18-22(3)19-31(38-10)34(36)40-33/h12-16,18-20,25-28,30,32-33,35H,11,17H2,1-10H3/b14-12+,21-13+,22-18+,24-20+,31-19-/t25-,26+,27-,28+,30-,32-,33+/m0/s1. The predicted octanol–water partition coefficient (Wildman–Crippen LogP) is 7.15. The molecule has 0 aromatic heterocycles. The quantitative estimate of drug-likeness (QED) is 0.352. The zero-order valence-electron chi connectivity index (χ0n) is 26.1. The van der Waals surface area contributed by atoms with E-state index in [0.717, 1.165) is 35.3 Å². The molecule has 0 aromatic carbocycles. The molecule has 2 aliphatic heterocycles. The Bertz CT molecular complexity index is 1090. The van der Waals surface area contributed by atoms with E-state index >= 15 is 0 Å². The Morgan fingerprint density at radius 2 is 1.85 bits per heavy atom. The van der Waals surface area contributed by atoms with Crippen molar-refractivity contribution in [3.05, 3.63) is 82.4 Å². The first-order valence-electron chi connectivity index (χ1n) is 14.4. The lowest BCUT2D eigenvalue weighted by Crippen LogP contribution is -2.37. The van der Waals surface area contributed by atoms with Crippen LogP contribution in [0.2, 0.25) is 0 Å². The van der Waals surface area contributed by atoms with Crippen molar-refractivity contribution in [2.45, 2.75) is 92.6 Å². The fourth-order valence-corrected chi connectivity index (χ4v) is 5.29. The van der Waals surface area contributed by atoms with Crippen LogP contribution in [0.15, 0.2) is 82.4 Å². The van der Waals surface area contributed by atoms with Crippen LogP contribution in [-0.2, 0) is 23.7 Å². The third-order valence-corrected chi connectivity index (χ3v) is 7.66. The van der Waals surface area contributed by atoms with Gasteiger partial charge in [0, 0.05) is 18.9 Å². The van der Waals surface area contributed by atoms with E-state index < -0.39 is 24.3 Å². The molecule has 0 spiro atoms. The maximum Gasteiger partial charge on any atom is 0.373 e. The van der Waals surface area contributed by atoms with Crippen molar-refractivity contribution in [3.8, 4) is 0 Å². The first-order valence-corrected chi connectivity index (χ1v) is 14.4. The van der Waals surface area contributed by atoms with Crippen LogP contribution < -0.4 is 0 Å². The van der Waals surface area contributed by atoms with Gasteiger partial charge in [0.1, 0.15) is 24.1 Å². The van der Waals surface area contributed by atoms with Crippen LogP contribution in [0.5, 0.6) is 0 Å². The number of carbonyl (C=O) groups is 1. The molecule has 7 atom stereocenters. The molecule has 0 unspecified atom stereocenters. The Morgan fingerprint density at radius 3 is 2.48 bits per heavy atom. The van der Waals surface area contributed by atoms with Gasteiger partial charge in [-0.1, -0.05) is 75.3 Å². The van der Waals surface area contributed by atoms with Gasteiger partial charge in [0.2, 0.25) is 5.76 Å². The molecule has 0 aromatic rings. The van der Waals surface area contributed by atoms with Gasteiger partial charge in [0.25, 0.3) is 0 Å². The smallest absolute Gasteiger partial charge is 0.373 e. The molecule has 0 radical (unpaired) electrons. The number of rotatable bonds is 6. The number of hydrogen-bond donors (Lipinski definition) is 1. The molecule has 0 fully saturated rings. The van der Waals surface area contributed by atoms with Gasteiger partial charge < -0.3 is 24.1 Å². The van der Waals surface area contributed by atoms with Crippen molar-refractivity contribution in [1.82, 2.24) is 0 Å². The zero-order valence-corrected chi connectivity index (χ0v) is 26.1. The second kappa shape index (κ2) is 15.8. The Labute approximate surface area is 241 Å². The van der Waals surface area contributed by atoms with Gasteiger partial charge in [-0.25, -0.2) is 4.79 Å². The number of esters is 1. The number of carbonyl (C=O) groups excluding carboxylic acids is 1. The monoisotopic (exact) mass is 554 g/mol. The molecule has 2 rings (SSSR count). The molecule has 0 aliphatic carbocycles. The molecule has 6 heteroatoms. The minimum absolute atomic E-state index is 0.0565. The van der Waals surface area contributed by atoms with E-state index in [1.807, 2.05) is 58.1 Å². The van der Waals surface area contributed by atoms with Gasteiger partial charge in [-0.05, 0) is 69.8 Å². The number of methoxy groups -OCH3 is 2. The third-order valence-electron chi connectivity index (χ3n) is 7.66. The third kappa shape index (κ3) is 9.38. The lowest BCUT2D eigenvalue weighted by molar-refractivity contribution is -0.155. The summed E-state index contributed by atoms with van der Waals surface area (Å²) in [5, 5.41) is 10.9. The maximum atomic E-state index is 13.4. The van der Waals surface area contributed by atoms with Crippen LogP contribution in [0, 0.1) is 17.8 Å². The normalized spacial score (nSPS) is 34.8. The van der Waals surface area contributed by atoms with E-state index in [1.165, 1.54) is 12.7 Å². The highest BCUT2D eigenvalue weighted by Gasteiger charge is 2.31. The number of aliphatic hydroxyl groups excluding tert-OH is 1. The first-order chi connectivity index (χ1) is 18.9. The fraction of sp³-hybridized carbons (Fsp3) is 0.559. The number of ether oxygens (including phenoxy) is 4. The van der Waals surface area contributed by atoms with Crippen LogP contribution in [0.4, 0.5) is 0 Å². The SMILES string of the molecule is CC[C@H]1OC(/C(C)=C/[C@H](C)[C@H]2OC(=O)/C(OC)=C/C(C)=C/[C@@H](C)[C@@H](O)[C@@H](C)C/C(C)=C/C=C/[C@@H]2OC)=CC=C1C. The molecule has 0 amide bonds. The van der Waals surface area contributed by atoms with Crippen LogP contribution in [0.1, 0.15) is 68.2 Å². The molecule has 0 saturated carbocycles. The van der Waals surface area contributed by atoms with Crippen LogP contribution in [0.3, 0.4) is 0 Å². The Morgan fingerprint density at radius 1 is 1.15 bits per heavy atom. The average molecular weight is 555 g/mol. The topological polar surface area (TPSA) is 74.2 Å². The van der Waals surface area contributed by atoms with Crippen molar-refractivity contribution >= 4 is 5.97 Å².